The van der Waals surface area contributed by atoms with E-state index in [1.807, 2.05) is 32.2 Å². The van der Waals surface area contributed by atoms with Crippen molar-refractivity contribution < 1.29 is 28.5 Å². The topological polar surface area (TPSA) is 188 Å². The third-order valence-corrected chi connectivity index (χ3v) is 12.0. The zero-order chi connectivity index (χ0) is 34.5. The Bertz CT molecular complexity index is 2010. The van der Waals surface area contributed by atoms with Crippen LogP contribution in [0.15, 0.2) is 45.7 Å². The molecule has 3 aromatic heterocycles. The van der Waals surface area contributed by atoms with Crippen molar-refractivity contribution in [2.75, 3.05) is 30.8 Å². The fourth-order valence-corrected chi connectivity index (χ4v) is 9.19. The van der Waals surface area contributed by atoms with Crippen molar-refractivity contribution in [2.45, 2.75) is 75.1 Å². The van der Waals surface area contributed by atoms with Crippen LogP contribution in [0.2, 0.25) is 0 Å². The molecule has 0 aliphatic carbocycles. The molecule has 49 heavy (non-hydrogen) atoms. The van der Waals surface area contributed by atoms with Crippen LogP contribution in [0.25, 0.3) is 22.2 Å². The highest BCUT2D eigenvalue weighted by Gasteiger charge is 2.63. The Kier molecular flexibility index (Phi) is 8.92. The molecule has 0 unspecified atom stereocenters. The molecule has 1 aromatic carbocycles. The molecule has 0 radical (unpaired) electrons. The lowest BCUT2D eigenvalue weighted by atomic mass is 9.86. The van der Waals surface area contributed by atoms with Gasteiger partial charge in [0.25, 0.3) is 0 Å². The summed E-state index contributed by atoms with van der Waals surface area (Å²) < 4.78 is 25.0. The van der Waals surface area contributed by atoms with Gasteiger partial charge in [0.15, 0.2) is 11.0 Å². The van der Waals surface area contributed by atoms with Crippen LogP contribution in [0, 0.1) is 6.92 Å². The predicted octanol–water partition coefficient (Wildman–Crippen LogP) is 4.70. The first-order chi connectivity index (χ1) is 23.5. The number of carbonyl (C=O) groups excluding carboxylic acids is 1. The van der Waals surface area contributed by atoms with Crippen LogP contribution in [0.1, 0.15) is 48.6 Å². The number of nitrogens with zero attached hydrogens (tertiary/aromatic N) is 2. The molecular weight excluding hydrogens is 667 g/mol. The molecule has 1 fully saturated rings. The molecule has 6 N–H and O–H groups in total. The molecule has 3 aliphatic heterocycles. The predicted molar refractivity (Wildman–Crippen MR) is 191 cm³/mol. The summed E-state index contributed by atoms with van der Waals surface area (Å²) in [6.45, 7) is 4.13. The van der Waals surface area contributed by atoms with Crippen LogP contribution in [0.5, 0.6) is 11.5 Å². The van der Waals surface area contributed by atoms with Gasteiger partial charge in [0.05, 0.1) is 11.8 Å². The quantitative estimate of drug-likeness (QED) is 0.130. The van der Waals surface area contributed by atoms with Crippen molar-refractivity contribution in [3.8, 4) is 22.8 Å². The number of anilines is 2. The number of pyridine rings is 2. The number of epoxide rings is 1. The second kappa shape index (κ2) is 13.0. The molecule has 258 valence electrons. The number of esters is 1. The Labute approximate surface area is 291 Å². The molecule has 1 saturated heterocycles. The second-order valence-corrected chi connectivity index (χ2v) is 15.6. The van der Waals surface area contributed by atoms with Gasteiger partial charge in [0.2, 0.25) is 0 Å². The number of benzene rings is 1. The van der Waals surface area contributed by atoms with Crippen LogP contribution in [0.3, 0.4) is 0 Å². The standard InChI is InChI=1S/C35H39N5O7S2/c1-18-12-24(41)30-26(44-18)16-25-21(31(30)42)15-28-34(2,46-25)8-11-48-49-17-22-20(6-9-39-32(22)37)23-13-19(14-29(36)40-23)4-5-27-35(47-27,7-10-38-3)33(43)45-28/h6,9,12-14,16,27-28,38,42H,4-5,7-8,10-11,15,17H2,1-3H3,(H2,36,40)(H2,37,39)/t27-,28-,34+,35+/m1/s1. The maximum Gasteiger partial charge on any atom is 0.341 e. The third kappa shape index (κ3) is 6.31. The molecule has 0 spiro atoms. The van der Waals surface area contributed by atoms with Gasteiger partial charge in [-0.1, -0.05) is 21.6 Å². The maximum absolute atomic E-state index is 14.2. The maximum atomic E-state index is 14.2. The number of nitrogen functional groups attached to an aromatic ring is 2. The van der Waals surface area contributed by atoms with E-state index >= 15 is 0 Å². The van der Waals surface area contributed by atoms with E-state index in [1.54, 1.807) is 40.8 Å². The minimum Gasteiger partial charge on any atom is -0.507 e. The number of aromatic nitrogens is 2. The Morgan fingerprint density at radius 1 is 1.12 bits per heavy atom. The van der Waals surface area contributed by atoms with Crippen LogP contribution in [0.4, 0.5) is 11.6 Å². The Morgan fingerprint density at radius 2 is 1.96 bits per heavy atom. The number of nitrogens with one attached hydrogen (secondary N) is 1. The molecule has 2 bridgehead atoms. The summed E-state index contributed by atoms with van der Waals surface area (Å²) in [6.07, 6.45) is 2.74. The summed E-state index contributed by atoms with van der Waals surface area (Å²) in [5.74, 6) is 2.15. The van der Waals surface area contributed by atoms with Gasteiger partial charge in [0, 0.05) is 65.8 Å². The van der Waals surface area contributed by atoms with Crippen molar-refractivity contribution in [2.24, 2.45) is 0 Å². The molecular formula is C35H39N5O7S2. The highest BCUT2D eigenvalue weighted by molar-refractivity contribution is 8.76. The number of nitrogens with two attached hydrogens (primary N) is 2. The van der Waals surface area contributed by atoms with Gasteiger partial charge < -0.3 is 40.5 Å². The number of phenolic OH excluding ortho intramolecular Hbond substituents is 1. The SMILES string of the molecule is CNCC[C@]12O[C@@H]1CCc1cc(N)nc(c1)-c1ccnc(N)c1CSSCC[C@]1(C)Oc3cc4oc(C)cc(=O)c4c(O)c3C[C@H]1OC2=O. The Hall–Kier alpha value is -3.98. The van der Waals surface area contributed by atoms with Crippen molar-refractivity contribution in [1.29, 1.82) is 0 Å². The van der Waals surface area contributed by atoms with E-state index in [-0.39, 0.29) is 34.7 Å². The van der Waals surface area contributed by atoms with Crippen molar-refractivity contribution in [3.63, 3.8) is 0 Å². The molecule has 4 aromatic rings. The lowest BCUT2D eigenvalue weighted by Crippen LogP contribution is -2.53. The number of carbonyl (C=O) groups is 1. The van der Waals surface area contributed by atoms with Gasteiger partial charge in [-0.25, -0.2) is 14.8 Å². The molecule has 0 amide bonds. The third-order valence-electron chi connectivity index (χ3n) is 9.68. The molecule has 6 heterocycles. The minimum atomic E-state index is -1.14. The summed E-state index contributed by atoms with van der Waals surface area (Å²) in [5, 5.41) is 14.5. The van der Waals surface area contributed by atoms with Crippen molar-refractivity contribution in [3.05, 3.63) is 69.2 Å². The van der Waals surface area contributed by atoms with Gasteiger partial charge in [-0.15, -0.1) is 0 Å². The molecule has 0 saturated carbocycles. The first-order valence-corrected chi connectivity index (χ1v) is 18.8. The first kappa shape index (κ1) is 33.5. The fraction of sp³-hybridized carbons (Fsp3) is 0.429. The summed E-state index contributed by atoms with van der Waals surface area (Å²) in [5.41, 5.74) is 14.2. The number of hydrogen-bond donors (Lipinski definition) is 4. The van der Waals surface area contributed by atoms with Gasteiger partial charge in [-0.05, 0) is 64.0 Å². The summed E-state index contributed by atoms with van der Waals surface area (Å²) >= 11 is 0. The number of ether oxygens (including phenoxy) is 3. The Balaban J connectivity index is 1.26. The van der Waals surface area contributed by atoms with Crippen LogP contribution < -0.4 is 26.9 Å². The summed E-state index contributed by atoms with van der Waals surface area (Å²) in [7, 11) is 5.09. The monoisotopic (exact) mass is 705 g/mol. The van der Waals surface area contributed by atoms with E-state index in [4.69, 9.17) is 30.1 Å². The van der Waals surface area contributed by atoms with Crippen LogP contribution >= 0.6 is 21.6 Å². The normalized spacial score (nSPS) is 25.4. The van der Waals surface area contributed by atoms with E-state index < -0.39 is 23.3 Å². The lowest BCUT2D eigenvalue weighted by Gasteiger charge is -2.42. The highest BCUT2D eigenvalue weighted by atomic mass is 33.1. The van der Waals surface area contributed by atoms with Gasteiger partial charge >= 0.3 is 5.97 Å². The molecule has 14 heteroatoms. The van der Waals surface area contributed by atoms with E-state index in [2.05, 4.69) is 15.3 Å². The highest BCUT2D eigenvalue weighted by Crippen LogP contribution is 2.48. The van der Waals surface area contributed by atoms with Gasteiger partial charge in [-0.2, -0.15) is 0 Å². The average Bonchev–Trinajstić information content (AvgIpc) is 3.77. The van der Waals surface area contributed by atoms with Gasteiger partial charge in [0.1, 0.15) is 51.6 Å². The van der Waals surface area contributed by atoms with Crippen LogP contribution in [-0.4, -0.2) is 63.8 Å². The first-order valence-electron chi connectivity index (χ1n) is 16.3. The molecule has 12 nitrogen and oxygen atoms in total. The second-order valence-electron chi connectivity index (χ2n) is 13.0. The number of fused-ring (bicyclic) bond motifs is 8. The average molecular weight is 706 g/mol. The number of phenols is 1. The Morgan fingerprint density at radius 3 is 2.78 bits per heavy atom. The number of aromatic hydroxyl groups is 1. The summed E-state index contributed by atoms with van der Waals surface area (Å²) in [6, 6.07) is 8.74. The van der Waals surface area contributed by atoms with Gasteiger partial charge in [-0.3, -0.25) is 4.79 Å². The molecule has 7 rings (SSSR count). The minimum absolute atomic E-state index is 0.0695. The molecule has 3 aliphatic rings. The number of rotatable bonds is 3. The van der Waals surface area contributed by atoms with Crippen LogP contribution in [-0.2, 0) is 32.9 Å². The van der Waals surface area contributed by atoms with Crippen molar-refractivity contribution in [1.82, 2.24) is 15.3 Å². The van der Waals surface area contributed by atoms with E-state index in [9.17, 15) is 14.7 Å². The summed E-state index contributed by atoms with van der Waals surface area (Å²) in [4.78, 5) is 36.0. The largest absolute Gasteiger partial charge is 0.507 e. The number of aryl methyl sites for hydroxylation is 2. The fourth-order valence-electron chi connectivity index (χ4n) is 6.87. The zero-order valence-corrected chi connectivity index (χ0v) is 29.2. The van der Waals surface area contributed by atoms with E-state index in [1.165, 1.54) is 6.07 Å². The van der Waals surface area contributed by atoms with Crippen molar-refractivity contribution >= 4 is 50.2 Å². The molecule has 4 atom stereocenters. The smallest absolute Gasteiger partial charge is 0.341 e. The number of hydrogen-bond acceptors (Lipinski definition) is 14. The van der Waals surface area contributed by atoms with E-state index in [0.29, 0.717) is 72.4 Å². The lowest BCUT2D eigenvalue weighted by molar-refractivity contribution is -0.169. The zero-order valence-electron chi connectivity index (χ0n) is 27.5. The van der Waals surface area contributed by atoms with E-state index in [0.717, 1.165) is 22.4 Å².